The second kappa shape index (κ2) is 5.47. The molecule has 1 aliphatic heterocycles. The van der Waals surface area contributed by atoms with Gasteiger partial charge in [0, 0.05) is 20.1 Å². The van der Waals surface area contributed by atoms with Gasteiger partial charge in [-0.05, 0) is 33.2 Å². The first-order chi connectivity index (χ1) is 7.07. The molecule has 1 amide bonds. The second-order valence-electron chi connectivity index (χ2n) is 4.43. The van der Waals surface area contributed by atoms with Gasteiger partial charge in [0.1, 0.15) is 6.61 Å². The average molecular weight is 214 g/mol. The van der Waals surface area contributed by atoms with Crippen LogP contribution < -0.4 is 5.32 Å². The molecule has 1 unspecified atom stereocenters. The summed E-state index contributed by atoms with van der Waals surface area (Å²) >= 11 is 0. The summed E-state index contributed by atoms with van der Waals surface area (Å²) in [6.45, 7) is 6.86. The Kier molecular flexibility index (Phi) is 4.54. The molecular weight excluding hydrogens is 192 g/mol. The largest absolute Gasteiger partial charge is 0.364 e. The summed E-state index contributed by atoms with van der Waals surface area (Å²) in [5.41, 5.74) is -0.164. The topological polar surface area (TPSA) is 41.6 Å². The monoisotopic (exact) mass is 214 g/mol. The molecular formula is C11H22N2O2. The molecule has 0 saturated carbocycles. The smallest absolute Gasteiger partial charge is 0.248 e. The van der Waals surface area contributed by atoms with Gasteiger partial charge in [-0.25, -0.2) is 0 Å². The summed E-state index contributed by atoms with van der Waals surface area (Å²) in [6, 6.07) is 0. The minimum Gasteiger partial charge on any atom is -0.364 e. The molecule has 1 fully saturated rings. The maximum atomic E-state index is 11.5. The second-order valence-corrected chi connectivity index (χ2v) is 4.43. The highest BCUT2D eigenvalue weighted by molar-refractivity contribution is 5.77. The summed E-state index contributed by atoms with van der Waals surface area (Å²) in [7, 11) is 1.80. The van der Waals surface area contributed by atoms with E-state index in [1.807, 2.05) is 6.92 Å². The Morgan fingerprint density at radius 3 is 2.87 bits per heavy atom. The minimum absolute atomic E-state index is 0.0595. The van der Waals surface area contributed by atoms with E-state index in [-0.39, 0.29) is 18.1 Å². The van der Waals surface area contributed by atoms with Crippen molar-refractivity contribution in [2.45, 2.75) is 32.3 Å². The third kappa shape index (κ3) is 3.80. The summed E-state index contributed by atoms with van der Waals surface area (Å²) < 4.78 is 5.70. The van der Waals surface area contributed by atoms with Crippen molar-refractivity contribution >= 4 is 5.91 Å². The van der Waals surface area contributed by atoms with Gasteiger partial charge in [0.15, 0.2) is 0 Å². The van der Waals surface area contributed by atoms with Crippen molar-refractivity contribution in [3.8, 4) is 0 Å². The number of hydrogen-bond donors (Lipinski definition) is 1. The number of nitrogens with one attached hydrogen (secondary N) is 1. The molecule has 1 atom stereocenters. The van der Waals surface area contributed by atoms with E-state index in [2.05, 4.69) is 12.2 Å². The normalized spacial score (nSPS) is 26.3. The number of amides is 1. The molecule has 0 bridgehead atoms. The molecule has 1 saturated heterocycles. The zero-order valence-corrected chi connectivity index (χ0v) is 10.0. The van der Waals surface area contributed by atoms with Gasteiger partial charge in [-0.3, -0.25) is 4.79 Å². The lowest BCUT2D eigenvalue weighted by Crippen LogP contribution is -2.47. The van der Waals surface area contributed by atoms with Crippen molar-refractivity contribution in [3.05, 3.63) is 0 Å². The fourth-order valence-electron chi connectivity index (χ4n) is 1.67. The number of carbonyl (C=O) groups is 1. The molecule has 0 spiro atoms. The fraction of sp³-hybridized carbons (Fsp3) is 0.909. The van der Waals surface area contributed by atoms with Crippen molar-refractivity contribution in [2.24, 2.45) is 0 Å². The van der Waals surface area contributed by atoms with Crippen molar-refractivity contribution in [1.29, 1.82) is 0 Å². The lowest BCUT2D eigenvalue weighted by atomic mass is 9.96. The molecule has 0 aromatic heterocycles. The SMILES string of the molecule is CCN(C)C(=O)COC1(C)CCCNC1. The Balaban J connectivity index is 2.31. The molecule has 88 valence electrons. The van der Waals surface area contributed by atoms with Crippen LogP contribution in [0.1, 0.15) is 26.7 Å². The van der Waals surface area contributed by atoms with Crippen LogP contribution in [-0.4, -0.2) is 49.7 Å². The number of rotatable bonds is 4. The molecule has 0 aliphatic carbocycles. The van der Waals surface area contributed by atoms with Crippen LogP contribution in [0.25, 0.3) is 0 Å². The molecule has 0 aromatic rings. The highest BCUT2D eigenvalue weighted by Crippen LogP contribution is 2.19. The lowest BCUT2D eigenvalue weighted by molar-refractivity contribution is -0.142. The molecule has 1 heterocycles. The van der Waals surface area contributed by atoms with Gasteiger partial charge in [-0.2, -0.15) is 0 Å². The van der Waals surface area contributed by atoms with E-state index in [0.717, 1.165) is 32.5 Å². The van der Waals surface area contributed by atoms with Gasteiger partial charge in [0.05, 0.1) is 5.60 Å². The number of nitrogens with zero attached hydrogens (tertiary/aromatic N) is 1. The number of piperidine rings is 1. The van der Waals surface area contributed by atoms with Gasteiger partial charge in [0.2, 0.25) is 5.91 Å². The molecule has 1 aliphatic rings. The summed E-state index contributed by atoms with van der Waals surface area (Å²) in [5, 5.41) is 3.29. The Hall–Kier alpha value is -0.610. The molecule has 4 heteroatoms. The molecule has 1 rings (SSSR count). The van der Waals surface area contributed by atoms with Gasteiger partial charge in [-0.15, -0.1) is 0 Å². The first-order valence-corrected chi connectivity index (χ1v) is 5.66. The lowest BCUT2D eigenvalue weighted by Gasteiger charge is -2.34. The molecule has 4 nitrogen and oxygen atoms in total. The third-order valence-electron chi connectivity index (χ3n) is 3.00. The van der Waals surface area contributed by atoms with Crippen LogP contribution in [0.2, 0.25) is 0 Å². The Morgan fingerprint density at radius 2 is 2.33 bits per heavy atom. The highest BCUT2D eigenvalue weighted by Gasteiger charge is 2.28. The molecule has 15 heavy (non-hydrogen) atoms. The standard InChI is InChI=1S/C11H22N2O2/c1-4-13(3)10(14)8-15-11(2)6-5-7-12-9-11/h12H,4-9H2,1-3H3. The van der Waals surface area contributed by atoms with Crippen LogP contribution in [0.3, 0.4) is 0 Å². The molecule has 0 aromatic carbocycles. The maximum absolute atomic E-state index is 11.5. The quantitative estimate of drug-likeness (QED) is 0.746. The minimum atomic E-state index is -0.164. The van der Waals surface area contributed by atoms with E-state index in [0.29, 0.717) is 0 Å². The van der Waals surface area contributed by atoms with Crippen molar-refractivity contribution in [1.82, 2.24) is 10.2 Å². The van der Waals surface area contributed by atoms with Gasteiger partial charge in [-0.1, -0.05) is 0 Å². The Bertz CT molecular complexity index is 213. The van der Waals surface area contributed by atoms with Crippen molar-refractivity contribution in [3.63, 3.8) is 0 Å². The first kappa shape index (κ1) is 12.5. The van der Waals surface area contributed by atoms with Gasteiger partial charge < -0.3 is 15.0 Å². The van der Waals surface area contributed by atoms with Crippen LogP contribution >= 0.6 is 0 Å². The predicted molar refractivity (Wildman–Crippen MR) is 59.8 cm³/mol. The number of likely N-dealkylation sites (N-methyl/N-ethyl adjacent to an activating group) is 1. The van der Waals surface area contributed by atoms with Crippen LogP contribution in [0.5, 0.6) is 0 Å². The first-order valence-electron chi connectivity index (χ1n) is 5.66. The van der Waals surface area contributed by atoms with Crippen LogP contribution in [0.4, 0.5) is 0 Å². The number of ether oxygens (including phenoxy) is 1. The fourth-order valence-corrected chi connectivity index (χ4v) is 1.67. The van der Waals surface area contributed by atoms with E-state index in [9.17, 15) is 4.79 Å². The van der Waals surface area contributed by atoms with Crippen molar-refractivity contribution < 1.29 is 9.53 Å². The van der Waals surface area contributed by atoms with Crippen LogP contribution in [0.15, 0.2) is 0 Å². The average Bonchev–Trinajstić information content (AvgIpc) is 2.26. The van der Waals surface area contributed by atoms with E-state index in [4.69, 9.17) is 4.74 Å². The van der Waals surface area contributed by atoms with Crippen molar-refractivity contribution in [2.75, 3.05) is 33.3 Å². The molecule has 1 N–H and O–H groups in total. The summed E-state index contributed by atoms with van der Waals surface area (Å²) in [5.74, 6) is 0.0595. The zero-order chi connectivity index (χ0) is 11.3. The van der Waals surface area contributed by atoms with Crippen LogP contribution in [-0.2, 0) is 9.53 Å². The third-order valence-corrected chi connectivity index (χ3v) is 3.00. The van der Waals surface area contributed by atoms with E-state index >= 15 is 0 Å². The van der Waals surface area contributed by atoms with E-state index in [1.54, 1.807) is 11.9 Å². The highest BCUT2D eigenvalue weighted by atomic mass is 16.5. The molecule has 0 radical (unpaired) electrons. The van der Waals surface area contributed by atoms with Gasteiger partial charge >= 0.3 is 0 Å². The van der Waals surface area contributed by atoms with Crippen LogP contribution in [0, 0.1) is 0 Å². The Morgan fingerprint density at radius 1 is 1.60 bits per heavy atom. The Labute approximate surface area is 92.0 Å². The van der Waals surface area contributed by atoms with E-state index in [1.165, 1.54) is 0 Å². The zero-order valence-electron chi connectivity index (χ0n) is 10.0. The maximum Gasteiger partial charge on any atom is 0.248 e. The predicted octanol–water partition coefficient (Wildman–Crippen LogP) is 0.623. The number of carbonyl (C=O) groups excluding carboxylic acids is 1. The summed E-state index contributed by atoms with van der Waals surface area (Å²) in [4.78, 5) is 13.2. The van der Waals surface area contributed by atoms with Gasteiger partial charge in [0.25, 0.3) is 0 Å². The van der Waals surface area contributed by atoms with E-state index < -0.39 is 0 Å². The summed E-state index contributed by atoms with van der Waals surface area (Å²) in [6.07, 6.45) is 2.15. The number of hydrogen-bond acceptors (Lipinski definition) is 3.